The third-order valence-electron chi connectivity index (χ3n) is 3.01. The maximum Gasteiger partial charge on any atom is 0.264 e. The first kappa shape index (κ1) is 17.8. The van der Waals surface area contributed by atoms with Gasteiger partial charge < -0.3 is 4.74 Å². The Hall–Kier alpha value is -2.55. The Bertz CT molecular complexity index is 710. The highest BCUT2D eigenvalue weighted by atomic mass is 32.1. The van der Waals surface area contributed by atoms with Crippen LogP contribution in [0.15, 0.2) is 18.2 Å². The number of carbonyl (C=O) groups excluding carboxylic acids is 1. The van der Waals surface area contributed by atoms with Crippen LogP contribution in [-0.2, 0) is 11.3 Å². The third kappa shape index (κ3) is 5.27. The van der Waals surface area contributed by atoms with Gasteiger partial charge in [-0.25, -0.2) is 4.68 Å². The van der Waals surface area contributed by atoms with Gasteiger partial charge in [0, 0.05) is 6.54 Å². The zero-order valence-electron chi connectivity index (χ0n) is 13.9. The molecule has 2 rings (SSSR count). The fourth-order valence-corrected chi connectivity index (χ4v) is 2.32. The van der Waals surface area contributed by atoms with Gasteiger partial charge >= 0.3 is 0 Å². The molecule has 0 bridgehead atoms. The number of rotatable bonds is 6. The lowest BCUT2D eigenvalue weighted by atomic mass is 10.1. The lowest BCUT2D eigenvalue weighted by molar-refractivity contribution is -0.121. The molecule has 2 N–H and O–H groups in total. The molecule has 0 unspecified atom stereocenters. The minimum atomic E-state index is -0.360. The molecule has 0 aliphatic heterocycles. The highest BCUT2D eigenvalue weighted by Gasteiger charge is 2.10. The zero-order chi connectivity index (χ0) is 17.5. The molecule has 2 aromatic rings. The van der Waals surface area contributed by atoms with Crippen molar-refractivity contribution in [3.8, 4) is 5.75 Å². The summed E-state index contributed by atoms with van der Waals surface area (Å²) in [6.45, 7) is 6.47. The van der Waals surface area contributed by atoms with Crippen molar-refractivity contribution in [2.45, 2.75) is 33.7 Å². The largest absolute Gasteiger partial charge is 0.484 e. The van der Waals surface area contributed by atoms with Gasteiger partial charge in [-0.3, -0.25) is 15.4 Å². The smallest absolute Gasteiger partial charge is 0.264 e. The minimum absolute atomic E-state index is 0.121. The molecule has 0 radical (unpaired) electrons. The average molecular weight is 348 g/mol. The van der Waals surface area contributed by atoms with Gasteiger partial charge in [-0.1, -0.05) is 18.1 Å². The normalized spacial score (nSPS) is 10.3. The van der Waals surface area contributed by atoms with Crippen molar-refractivity contribution in [2.75, 3.05) is 11.9 Å². The molecule has 1 amide bonds. The molecule has 0 spiro atoms. The molecular weight excluding hydrogens is 328 g/mol. The molecule has 24 heavy (non-hydrogen) atoms. The molecule has 9 heteroatoms. The predicted octanol–water partition coefficient (Wildman–Crippen LogP) is 1.59. The van der Waals surface area contributed by atoms with Gasteiger partial charge in [-0.2, -0.15) is 0 Å². The number of thiocarbonyl (C=S) groups is 1. The molecule has 1 aromatic heterocycles. The Labute approximate surface area is 145 Å². The maximum atomic E-state index is 11.9. The molecule has 0 aliphatic carbocycles. The van der Waals surface area contributed by atoms with E-state index in [2.05, 4.69) is 26.2 Å². The van der Waals surface area contributed by atoms with Crippen molar-refractivity contribution < 1.29 is 9.53 Å². The Kier molecular flexibility index (Phi) is 6.19. The van der Waals surface area contributed by atoms with E-state index in [9.17, 15) is 4.79 Å². The average Bonchev–Trinajstić information content (AvgIpc) is 2.91. The number of tetrazole rings is 1. The number of aromatic nitrogens is 4. The van der Waals surface area contributed by atoms with Crippen molar-refractivity contribution in [1.82, 2.24) is 25.5 Å². The highest BCUT2D eigenvalue weighted by Crippen LogP contribution is 2.15. The van der Waals surface area contributed by atoms with Crippen LogP contribution in [0.3, 0.4) is 0 Å². The first-order valence-electron chi connectivity index (χ1n) is 7.56. The van der Waals surface area contributed by atoms with Crippen molar-refractivity contribution in [3.05, 3.63) is 29.3 Å². The summed E-state index contributed by atoms with van der Waals surface area (Å²) in [6.07, 6.45) is 0.878. The highest BCUT2D eigenvalue weighted by molar-refractivity contribution is 7.80. The van der Waals surface area contributed by atoms with Crippen LogP contribution < -0.4 is 15.4 Å². The summed E-state index contributed by atoms with van der Waals surface area (Å²) in [6, 6.07) is 5.78. The molecule has 0 atom stereocenters. The fourth-order valence-electron chi connectivity index (χ4n) is 2.12. The summed E-state index contributed by atoms with van der Waals surface area (Å²) in [7, 11) is 0. The SMILES string of the molecule is CCCn1nnnc1NC(=S)NC(=O)COc1cc(C)cc(C)c1. The van der Waals surface area contributed by atoms with E-state index in [1.54, 1.807) is 4.68 Å². The van der Waals surface area contributed by atoms with E-state index in [0.717, 1.165) is 17.5 Å². The van der Waals surface area contributed by atoms with E-state index in [-0.39, 0.29) is 17.6 Å². The number of benzene rings is 1. The summed E-state index contributed by atoms with van der Waals surface area (Å²) in [4.78, 5) is 11.9. The molecule has 8 nitrogen and oxygen atoms in total. The van der Waals surface area contributed by atoms with Gasteiger partial charge in [0.05, 0.1) is 0 Å². The van der Waals surface area contributed by atoms with Crippen molar-refractivity contribution in [3.63, 3.8) is 0 Å². The van der Waals surface area contributed by atoms with E-state index in [0.29, 0.717) is 18.2 Å². The first-order valence-corrected chi connectivity index (χ1v) is 7.97. The lowest BCUT2D eigenvalue weighted by Crippen LogP contribution is -2.37. The van der Waals surface area contributed by atoms with Crippen molar-refractivity contribution >= 4 is 29.2 Å². The second-order valence-corrected chi connectivity index (χ2v) is 5.75. The topological polar surface area (TPSA) is 94.0 Å². The standard InChI is InChI=1S/C15H20N6O2S/c1-4-5-21-14(18-19-20-21)17-15(24)16-13(22)9-23-12-7-10(2)6-11(3)8-12/h6-8H,4-5,9H2,1-3H3,(H2,16,17,18,20,22,24). The molecule has 1 aromatic carbocycles. The molecule has 0 saturated carbocycles. The van der Waals surface area contributed by atoms with Gasteiger partial charge in [-0.15, -0.1) is 0 Å². The van der Waals surface area contributed by atoms with E-state index in [1.807, 2.05) is 39.0 Å². The first-order chi connectivity index (χ1) is 11.5. The Balaban J connectivity index is 1.83. The summed E-state index contributed by atoms with van der Waals surface area (Å²) in [5.74, 6) is 0.673. The number of amides is 1. The fraction of sp³-hybridized carbons (Fsp3) is 0.400. The van der Waals surface area contributed by atoms with E-state index >= 15 is 0 Å². The number of anilines is 1. The van der Waals surface area contributed by atoms with Crippen LogP contribution in [-0.4, -0.2) is 37.8 Å². The van der Waals surface area contributed by atoms with Gasteiger partial charge in [-0.05, 0) is 66.2 Å². The Morgan fingerprint density at radius 2 is 2.00 bits per heavy atom. The lowest BCUT2D eigenvalue weighted by Gasteiger charge is -2.10. The van der Waals surface area contributed by atoms with Crippen molar-refractivity contribution in [2.24, 2.45) is 0 Å². The molecule has 128 valence electrons. The quantitative estimate of drug-likeness (QED) is 0.766. The van der Waals surface area contributed by atoms with Crippen molar-refractivity contribution in [1.29, 1.82) is 0 Å². The van der Waals surface area contributed by atoms with Crippen LogP contribution in [0.2, 0.25) is 0 Å². The molecular formula is C15H20N6O2S. The van der Waals surface area contributed by atoms with Gasteiger partial charge in [0.2, 0.25) is 5.95 Å². The second kappa shape index (κ2) is 8.34. The number of nitrogens with one attached hydrogen (secondary N) is 2. The molecule has 0 fully saturated rings. The number of aryl methyl sites for hydroxylation is 3. The second-order valence-electron chi connectivity index (χ2n) is 5.34. The minimum Gasteiger partial charge on any atom is -0.484 e. The summed E-state index contributed by atoms with van der Waals surface area (Å²) >= 11 is 5.09. The zero-order valence-corrected chi connectivity index (χ0v) is 14.7. The molecule has 0 aliphatic rings. The van der Waals surface area contributed by atoms with E-state index < -0.39 is 0 Å². The molecule has 0 saturated heterocycles. The number of hydrogen-bond acceptors (Lipinski definition) is 6. The third-order valence-corrected chi connectivity index (χ3v) is 3.21. The maximum absolute atomic E-state index is 11.9. The number of ether oxygens (including phenoxy) is 1. The van der Waals surface area contributed by atoms with Gasteiger partial charge in [0.25, 0.3) is 5.91 Å². The van der Waals surface area contributed by atoms with Gasteiger partial charge in [0.15, 0.2) is 11.7 Å². The monoisotopic (exact) mass is 348 g/mol. The van der Waals surface area contributed by atoms with Crippen LogP contribution in [0.4, 0.5) is 5.95 Å². The Morgan fingerprint density at radius 3 is 2.67 bits per heavy atom. The Morgan fingerprint density at radius 1 is 1.29 bits per heavy atom. The van der Waals surface area contributed by atoms with Crippen LogP contribution in [0.25, 0.3) is 0 Å². The van der Waals surface area contributed by atoms with Gasteiger partial charge in [0.1, 0.15) is 5.75 Å². The summed E-state index contributed by atoms with van der Waals surface area (Å²) in [5, 5.41) is 16.7. The predicted molar refractivity (Wildman–Crippen MR) is 93.9 cm³/mol. The summed E-state index contributed by atoms with van der Waals surface area (Å²) in [5.41, 5.74) is 2.15. The summed E-state index contributed by atoms with van der Waals surface area (Å²) < 4.78 is 7.06. The van der Waals surface area contributed by atoms with E-state index in [1.165, 1.54) is 0 Å². The van der Waals surface area contributed by atoms with E-state index in [4.69, 9.17) is 17.0 Å². The van der Waals surface area contributed by atoms with Crippen LogP contribution in [0.5, 0.6) is 5.75 Å². The van der Waals surface area contributed by atoms with Crippen LogP contribution in [0.1, 0.15) is 24.5 Å². The van der Waals surface area contributed by atoms with Crippen LogP contribution >= 0.6 is 12.2 Å². The molecule has 1 heterocycles. The number of hydrogen-bond donors (Lipinski definition) is 2. The number of carbonyl (C=O) groups is 1. The number of nitrogens with zero attached hydrogens (tertiary/aromatic N) is 4. The van der Waals surface area contributed by atoms with Crippen LogP contribution in [0, 0.1) is 13.8 Å².